The Balaban J connectivity index is 2.16. The number of rotatable bonds is 6. The van der Waals surface area contributed by atoms with E-state index in [1.807, 2.05) is 31.3 Å². The van der Waals surface area contributed by atoms with Crippen molar-refractivity contribution in [2.24, 2.45) is 12.8 Å². The number of hydrogen-bond donors (Lipinski definition) is 1. The monoisotopic (exact) mass is 349 g/mol. The van der Waals surface area contributed by atoms with Crippen LogP contribution < -0.4 is 5.73 Å². The molecule has 1 heterocycles. The number of halogens is 1. The van der Waals surface area contributed by atoms with E-state index in [1.165, 1.54) is 0 Å². The quantitative estimate of drug-likeness (QED) is 0.815. The summed E-state index contributed by atoms with van der Waals surface area (Å²) in [5.41, 5.74) is 9.31. The standard InChI is InChI=1S/C16H20BrN3O/c1-3-13-16(17)14(20(2)19-13)10-15(21)12-6-4-11(5-7-12)8-9-18/h4-7H,3,8-10,18H2,1-2H3. The molecule has 2 N–H and O–H groups in total. The lowest BCUT2D eigenvalue weighted by Crippen LogP contribution is -2.09. The lowest BCUT2D eigenvalue weighted by molar-refractivity contribution is 0.0990. The Kier molecular flexibility index (Phi) is 5.31. The molecule has 1 aromatic carbocycles. The molecule has 0 atom stereocenters. The first-order chi connectivity index (χ1) is 10.1. The summed E-state index contributed by atoms with van der Waals surface area (Å²) in [5, 5.41) is 4.42. The lowest BCUT2D eigenvalue weighted by atomic mass is 10.0. The minimum atomic E-state index is 0.0978. The van der Waals surface area contributed by atoms with Crippen LogP contribution >= 0.6 is 15.9 Å². The summed E-state index contributed by atoms with van der Waals surface area (Å²) in [6, 6.07) is 7.68. The van der Waals surface area contributed by atoms with Crippen LogP contribution in [0.5, 0.6) is 0 Å². The fourth-order valence-electron chi connectivity index (χ4n) is 2.29. The molecule has 2 rings (SSSR count). The Bertz CT molecular complexity index is 632. The number of nitrogens with zero attached hydrogens (tertiary/aromatic N) is 2. The molecule has 0 saturated carbocycles. The Morgan fingerprint density at radius 3 is 2.52 bits per heavy atom. The van der Waals surface area contributed by atoms with Gasteiger partial charge in [-0.1, -0.05) is 31.2 Å². The Hall–Kier alpha value is -1.46. The summed E-state index contributed by atoms with van der Waals surface area (Å²) in [5.74, 6) is 0.0978. The number of nitrogens with two attached hydrogens (primary N) is 1. The van der Waals surface area contributed by atoms with Crippen molar-refractivity contribution >= 4 is 21.7 Å². The predicted molar refractivity (Wildman–Crippen MR) is 87.5 cm³/mol. The van der Waals surface area contributed by atoms with E-state index in [0.717, 1.165) is 39.8 Å². The smallest absolute Gasteiger partial charge is 0.168 e. The molecule has 0 aliphatic carbocycles. The maximum Gasteiger partial charge on any atom is 0.168 e. The van der Waals surface area contributed by atoms with Crippen LogP contribution in [0.4, 0.5) is 0 Å². The number of carbonyl (C=O) groups is 1. The number of aromatic nitrogens is 2. The first-order valence-electron chi connectivity index (χ1n) is 7.09. The van der Waals surface area contributed by atoms with Crippen molar-refractivity contribution in [1.29, 1.82) is 0 Å². The number of carbonyl (C=O) groups excluding carboxylic acids is 1. The largest absolute Gasteiger partial charge is 0.330 e. The van der Waals surface area contributed by atoms with Gasteiger partial charge < -0.3 is 5.73 Å². The van der Waals surface area contributed by atoms with Gasteiger partial charge in [-0.15, -0.1) is 0 Å². The van der Waals surface area contributed by atoms with E-state index in [2.05, 4.69) is 28.0 Å². The normalized spacial score (nSPS) is 10.9. The van der Waals surface area contributed by atoms with E-state index in [-0.39, 0.29) is 5.78 Å². The van der Waals surface area contributed by atoms with Crippen molar-refractivity contribution in [3.05, 3.63) is 51.3 Å². The fourth-order valence-corrected chi connectivity index (χ4v) is 3.05. The van der Waals surface area contributed by atoms with Gasteiger partial charge >= 0.3 is 0 Å². The second-order valence-corrected chi connectivity index (χ2v) is 5.81. The molecule has 0 radical (unpaired) electrons. The number of aryl methyl sites for hydroxylation is 2. The number of benzene rings is 1. The summed E-state index contributed by atoms with van der Waals surface area (Å²) in [7, 11) is 1.87. The summed E-state index contributed by atoms with van der Waals surface area (Å²) < 4.78 is 2.73. The van der Waals surface area contributed by atoms with Gasteiger partial charge in [-0.3, -0.25) is 9.48 Å². The first-order valence-corrected chi connectivity index (χ1v) is 7.88. The summed E-state index contributed by atoms with van der Waals surface area (Å²) in [4.78, 5) is 12.4. The molecule has 0 spiro atoms. The van der Waals surface area contributed by atoms with Gasteiger partial charge in [0.05, 0.1) is 22.3 Å². The Labute approximate surface area is 133 Å². The SMILES string of the molecule is CCc1nn(C)c(CC(=O)c2ccc(CCN)cc2)c1Br. The molecule has 112 valence electrons. The van der Waals surface area contributed by atoms with Gasteiger partial charge in [-0.2, -0.15) is 5.10 Å². The summed E-state index contributed by atoms with van der Waals surface area (Å²) >= 11 is 3.55. The Morgan fingerprint density at radius 1 is 1.33 bits per heavy atom. The van der Waals surface area contributed by atoms with Gasteiger partial charge in [0.25, 0.3) is 0 Å². The van der Waals surface area contributed by atoms with E-state index < -0.39 is 0 Å². The summed E-state index contributed by atoms with van der Waals surface area (Å²) in [6.45, 7) is 2.67. The van der Waals surface area contributed by atoms with Crippen LogP contribution in [0.25, 0.3) is 0 Å². The maximum absolute atomic E-state index is 12.4. The first kappa shape index (κ1) is 15.9. The minimum absolute atomic E-state index is 0.0978. The van der Waals surface area contributed by atoms with E-state index in [4.69, 9.17) is 5.73 Å². The molecular formula is C16H20BrN3O. The van der Waals surface area contributed by atoms with Gasteiger partial charge in [0.15, 0.2) is 5.78 Å². The molecule has 21 heavy (non-hydrogen) atoms. The van der Waals surface area contributed by atoms with Gasteiger partial charge in [0.2, 0.25) is 0 Å². The van der Waals surface area contributed by atoms with Crippen LogP contribution in [0.3, 0.4) is 0 Å². The molecule has 0 saturated heterocycles. The fraction of sp³-hybridized carbons (Fsp3) is 0.375. The highest BCUT2D eigenvalue weighted by atomic mass is 79.9. The zero-order valence-electron chi connectivity index (χ0n) is 12.4. The summed E-state index contributed by atoms with van der Waals surface area (Å²) in [6.07, 6.45) is 2.03. The van der Waals surface area contributed by atoms with Crippen LogP contribution in [0.2, 0.25) is 0 Å². The topological polar surface area (TPSA) is 60.9 Å². The molecule has 0 amide bonds. The van der Waals surface area contributed by atoms with Crippen molar-refractivity contribution in [1.82, 2.24) is 9.78 Å². The van der Waals surface area contributed by atoms with Crippen LogP contribution in [0.15, 0.2) is 28.7 Å². The predicted octanol–water partition coefficient (Wildman–Crippen LogP) is 2.67. The number of ketones is 1. The molecule has 4 nitrogen and oxygen atoms in total. The highest BCUT2D eigenvalue weighted by Crippen LogP contribution is 2.23. The van der Waals surface area contributed by atoms with Crippen molar-refractivity contribution in [3.63, 3.8) is 0 Å². The van der Waals surface area contributed by atoms with Crippen LogP contribution in [-0.4, -0.2) is 22.1 Å². The molecule has 0 aliphatic heterocycles. The van der Waals surface area contributed by atoms with E-state index >= 15 is 0 Å². The molecular weight excluding hydrogens is 330 g/mol. The van der Waals surface area contributed by atoms with Crippen LogP contribution in [0.1, 0.15) is 34.2 Å². The maximum atomic E-state index is 12.4. The van der Waals surface area contributed by atoms with Gasteiger partial charge in [0.1, 0.15) is 0 Å². The van der Waals surface area contributed by atoms with Crippen molar-refractivity contribution in [2.75, 3.05) is 6.54 Å². The van der Waals surface area contributed by atoms with Crippen molar-refractivity contribution < 1.29 is 4.79 Å². The third-order valence-corrected chi connectivity index (χ3v) is 4.46. The highest BCUT2D eigenvalue weighted by molar-refractivity contribution is 9.10. The van der Waals surface area contributed by atoms with Crippen LogP contribution in [-0.2, 0) is 26.3 Å². The minimum Gasteiger partial charge on any atom is -0.330 e. The average Bonchev–Trinajstić information content (AvgIpc) is 2.75. The average molecular weight is 350 g/mol. The van der Waals surface area contributed by atoms with Crippen molar-refractivity contribution in [3.8, 4) is 0 Å². The second kappa shape index (κ2) is 7.00. The molecule has 0 fully saturated rings. The zero-order valence-corrected chi connectivity index (χ0v) is 14.0. The molecule has 0 unspecified atom stereocenters. The third kappa shape index (κ3) is 3.60. The van der Waals surface area contributed by atoms with Gasteiger partial charge in [-0.05, 0) is 40.9 Å². The lowest BCUT2D eigenvalue weighted by Gasteiger charge is -2.04. The van der Waals surface area contributed by atoms with Crippen LogP contribution in [0, 0.1) is 0 Å². The molecule has 2 aromatic rings. The van der Waals surface area contributed by atoms with Crippen molar-refractivity contribution in [2.45, 2.75) is 26.2 Å². The number of Topliss-reactive ketones (excluding diaryl/α,β-unsaturated/α-hetero) is 1. The zero-order chi connectivity index (χ0) is 15.4. The molecule has 0 bridgehead atoms. The Morgan fingerprint density at radius 2 is 2.00 bits per heavy atom. The molecule has 5 heteroatoms. The molecule has 1 aromatic heterocycles. The molecule has 0 aliphatic rings. The highest BCUT2D eigenvalue weighted by Gasteiger charge is 2.16. The van der Waals surface area contributed by atoms with E-state index in [1.54, 1.807) is 4.68 Å². The van der Waals surface area contributed by atoms with E-state index in [0.29, 0.717) is 13.0 Å². The van der Waals surface area contributed by atoms with Gasteiger partial charge in [0, 0.05) is 12.6 Å². The third-order valence-electron chi connectivity index (χ3n) is 3.54. The van der Waals surface area contributed by atoms with Gasteiger partial charge in [-0.25, -0.2) is 0 Å². The number of hydrogen-bond acceptors (Lipinski definition) is 3. The van der Waals surface area contributed by atoms with E-state index in [9.17, 15) is 4.79 Å². The second-order valence-electron chi connectivity index (χ2n) is 5.02.